The quantitative estimate of drug-likeness (QED) is 0.900. The van der Waals surface area contributed by atoms with Gasteiger partial charge in [-0.1, -0.05) is 30.3 Å². The monoisotopic (exact) mass is 284 g/mol. The highest BCUT2D eigenvalue weighted by molar-refractivity contribution is 6.00. The predicted octanol–water partition coefficient (Wildman–Crippen LogP) is 1.96. The molecule has 3 N–H and O–H groups in total. The molecule has 0 aliphatic carbocycles. The standard InChI is InChI=1S/C16H20N4O/c1-16(17,12-8-5-4-6-9-12)15(21)19-13-10-7-11-18-14(13)20(2)3/h4-11H,17H2,1-3H3,(H,19,21). The van der Waals surface area contributed by atoms with E-state index < -0.39 is 5.54 Å². The first-order valence-electron chi connectivity index (χ1n) is 6.71. The Morgan fingerprint density at radius 3 is 2.48 bits per heavy atom. The summed E-state index contributed by atoms with van der Waals surface area (Å²) in [6, 6.07) is 12.9. The van der Waals surface area contributed by atoms with Crippen LogP contribution in [-0.2, 0) is 10.3 Å². The first kappa shape index (κ1) is 15.0. The minimum Gasteiger partial charge on any atom is -0.361 e. The van der Waals surface area contributed by atoms with Gasteiger partial charge in [0, 0.05) is 20.3 Å². The molecule has 0 saturated heterocycles. The lowest BCUT2D eigenvalue weighted by Crippen LogP contribution is -2.45. The van der Waals surface area contributed by atoms with E-state index in [9.17, 15) is 4.79 Å². The SMILES string of the molecule is CN(C)c1ncccc1NC(=O)C(C)(N)c1ccccc1. The number of nitrogens with two attached hydrogens (primary N) is 1. The second-order valence-electron chi connectivity index (χ2n) is 5.29. The molecule has 0 spiro atoms. The number of aromatic nitrogens is 1. The fraction of sp³-hybridized carbons (Fsp3) is 0.250. The van der Waals surface area contributed by atoms with E-state index in [0.29, 0.717) is 11.5 Å². The van der Waals surface area contributed by atoms with Crippen LogP contribution < -0.4 is 16.0 Å². The third-order valence-corrected chi connectivity index (χ3v) is 3.30. The number of benzene rings is 1. The van der Waals surface area contributed by atoms with Gasteiger partial charge < -0.3 is 16.0 Å². The molecule has 1 aromatic heterocycles. The normalized spacial score (nSPS) is 13.3. The lowest BCUT2D eigenvalue weighted by molar-refractivity contribution is -0.120. The highest BCUT2D eigenvalue weighted by Gasteiger charge is 2.31. The Morgan fingerprint density at radius 1 is 1.19 bits per heavy atom. The summed E-state index contributed by atoms with van der Waals surface area (Å²) < 4.78 is 0. The van der Waals surface area contributed by atoms with Crippen molar-refractivity contribution < 1.29 is 4.79 Å². The van der Waals surface area contributed by atoms with Crippen molar-refractivity contribution in [3.05, 3.63) is 54.2 Å². The molecule has 0 fully saturated rings. The molecule has 1 amide bonds. The number of nitrogens with one attached hydrogen (secondary N) is 1. The topological polar surface area (TPSA) is 71.2 Å². The minimum absolute atomic E-state index is 0.273. The molecule has 1 aromatic carbocycles. The first-order chi connectivity index (χ1) is 9.93. The van der Waals surface area contributed by atoms with Crippen LogP contribution in [0.1, 0.15) is 12.5 Å². The molecule has 0 radical (unpaired) electrons. The number of rotatable bonds is 4. The number of nitrogens with zero attached hydrogens (tertiary/aromatic N) is 2. The summed E-state index contributed by atoms with van der Waals surface area (Å²) >= 11 is 0. The van der Waals surface area contributed by atoms with E-state index in [-0.39, 0.29) is 5.91 Å². The Kier molecular flexibility index (Phi) is 4.23. The van der Waals surface area contributed by atoms with E-state index in [1.807, 2.05) is 49.3 Å². The van der Waals surface area contributed by atoms with Gasteiger partial charge in [-0.15, -0.1) is 0 Å². The molecular formula is C16H20N4O. The molecule has 0 aliphatic heterocycles. The van der Waals surface area contributed by atoms with E-state index in [0.717, 1.165) is 5.56 Å². The molecule has 1 atom stereocenters. The highest BCUT2D eigenvalue weighted by Crippen LogP contribution is 2.24. The number of carbonyl (C=O) groups excluding carboxylic acids is 1. The van der Waals surface area contributed by atoms with E-state index in [2.05, 4.69) is 10.3 Å². The molecular weight excluding hydrogens is 264 g/mol. The molecule has 5 nitrogen and oxygen atoms in total. The molecule has 0 bridgehead atoms. The maximum Gasteiger partial charge on any atom is 0.248 e. The lowest BCUT2D eigenvalue weighted by atomic mass is 9.92. The van der Waals surface area contributed by atoms with Crippen molar-refractivity contribution in [3.8, 4) is 0 Å². The molecule has 2 aromatic rings. The molecule has 0 aliphatic rings. The van der Waals surface area contributed by atoms with E-state index in [1.165, 1.54) is 0 Å². The molecule has 5 heteroatoms. The maximum absolute atomic E-state index is 12.5. The summed E-state index contributed by atoms with van der Waals surface area (Å²) in [6.07, 6.45) is 1.68. The molecule has 110 valence electrons. The van der Waals surface area contributed by atoms with Crippen molar-refractivity contribution in [2.24, 2.45) is 5.73 Å². The number of anilines is 2. The minimum atomic E-state index is -1.11. The summed E-state index contributed by atoms with van der Waals surface area (Å²) in [7, 11) is 3.74. The van der Waals surface area contributed by atoms with Crippen molar-refractivity contribution in [2.75, 3.05) is 24.3 Å². The Hall–Kier alpha value is -2.40. The fourth-order valence-electron chi connectivity index (χ4n) is 2.02. The molecule has 2 rings (SSSR count). The van der Waals surface area contributed by atoms with Gasteiger partial charge in [-0.2, -0.15) is 0 Å². The predicted molar refractivity (Wildman–Crippen MR) is 85.2 cm³/mol. The summed E-state index contributed by atoms with van der Waals surface area (Å²) in [6.45, 7) is 1.70. The van der Waals surface area contributed by atoms with E-state index in [1.54, 1.807) is 25.3 Å². The molecule has 1 heterocycles. The summed E-state index contributed by atoms with van der Waals surface area (Å²) in [4.78, 5) is 18.6. The van der Waals surface area contributed by atoms with Crippen LogP contribution in [0.3, 0.4) is 0 Å². The van der Waals surface area contributed by atoms with Crippen molar-refractivity contribution in [1.82, 2.24) is 4.98 Å². The van der Waals surface area contributed by atoms with Crippen LogP contribution in [0, 0.1) is 0 Å². The van der Waals surface area contributed by atoms with Gasteiger partial charge in [0.25, 0.3) is 0 Å². The fourth-order valence-corrected chi connectivity index (χ4v) is 2.02. The Balaban J connectivity index is 2.26. The summed E-state index contributed by atoms with van der Waals surface area (Å²) in [5.74, 6) is 0.416. The van der Waals surface area contributed by atoms with Crippen LogP contribution in [0.15, 0.2) is 48.7 Å². The second-order valence-corrected chi connectivity index (χ2v) is 5.29. The van der Waals surface area contributed by atoms with Gasteiger partial charge in [-0.25, -0.2) is 4.98 Å². The largest absolute Gasteiger partial charge is 0.361 e. The van der Waals surface area contributed by atoms with Crippen LogP contribution in [-0.4, -0.2) is 25.0 Å². The van der Waals surface area contributed by atoms with Gasteiger partial charge in [0.05, 0.1) is 5.69 Å². The Bertz CT molecular complexity index is 623. The molecule has 0 saturated carbocycles. The van der Waals surface area contributed by atoms with Gasteiger partial charge in [-0.3, -0.25) is 4.79 Å². The number of amides is 1. The second kappa shape index (κ2) is 5.93. The number of pyridine rings is 1. The van der Waals surface area contributed by atoms with E-state index in [4.69, 9.17) is 5.73 Å². The van der Waals surface area contributed by atoms with Gasteiger partial charge in [0.2, 0.25) is 5.91 Å². The number of hydrogen-bond acceptors (Lipinski definition) is 4. The van der Waals surface area contributed by atoms with Gasteiger partial charge in [0.15, 0.2) is 5.82 Å². The van der Waals surface area contributed by atoms with E-state index >= 15 is 0 Å². The molecule has 1 unspecified atom stereocenters. The van der Waals surface area contributed by atoms with Crippen LogP contribution >= 0.6 is 0 Å². The average Bonchev–Trinajstić information content (AvgIpc) is 2.48. The lowest BCUT2D eigenvalue weighted by Gasteiger charge is -2.25. The van der Waals surface area contributed by atoms with Gasteiger partial charge >= 0.3 is 0 Å². The zero-order valence-corrected chi connectivity index (χ0v) is 12.5. The van der Waals surface area contributed by atoms with Gasteiger partial charge in [-0.05, 0) is 24.6 Å². The van der Waals surface area contributed by atoms with Crippen molar-refractivity contribution in [3.63, 3.8) is 0 Å². The smallest absolute Gasteiger partial charge is 0.248 e. The van der Waals surface area contributed by atoms with Crippen LogP contribution in [0.25, 0.3) is 0 Å². The van der Waals surface area contributed by atoms with Crippen LogP contribution in [0.4, 0.5) is 11.5 Å². The third-order valence-electron chi connectivity index (χ3n) is 3.30. The number of carbonyl (C=O) groups is 1. The summed E-state index contributed by atoms with van der Waals surface area (Å²) in [5.41, 5.74) is 6.50. The Morgan fingerprint density at radius 2 is 1.86 bits per heavy atom. The zero-order chi connectivity index (χ0) is 15.5. The average molecular weight is 284 g/mol. The van der Waals surface area contributed by atoms with Crippen LogP contribution in [0.2, 0.25) is 0 Å². The highest BCUT2D eigenvalue weighted by atomic mass is 16.2. The first-order valence-corrected chi connectivity index (χ1v) is 6.71. The van der Waals surface area contributed by atoms with Crippen molar-refractivity contribution >= 4 is 17.4 Å². The third kappa shape index (κ3) is 3.20. The van der Waals surface area contributed by atoms with Crippen LogP contribution in [0.5, 0.6) is 0 Å². The zero-order valence-electron chi connectivity index (χ0n) is 12.5. The van der Waals surface area contributed by atoms with Crippen molar-refractivity contribution in [2.45, 2.75) is 12.5 Å². The number of hydrogen-bond donors (Lipinski definition) is 2. The van der Waals surface area contributed by atoms with Gasteiger partial charge in [0.1, 0.15) is 5.54 Å². The molecule has 21 heavy (non-hydrogen) atoms. The van der Waals surface area contributed by atoms with Crippen molar-refractivity contribution in [1.29, 1.82) is 0 Å². The maximum atomic E-state index is 12.5. The Labute approximate surface area is 124 Å². The summed E-state index contributed by atoms with van der Waals surface area (Å²) in [5, 5.41) is 2.86.